The molecule has 4 nitrogen and oxygen atoms in total. The maximum atomic E-state index is 8.89. The molecule has 0 aromatic carbocycles. The number of carbonyl (C=O) groups is 2. The van der Waals surface area contributed by atoms with E-state index in [2.05, 4.69) is 0 Å². The van der Waals surface area contributed by atoms with Crippen LogP contribution in [0, 0.1) is 0 Å². The molecule has 0 rings (SSSR count). The van der Waals surface area contributed by atoms with Crippen molar-refractivity contribution in [3.8, 4) is 0 Å². The molecule has 0 aliphatic rings. The molecule has 0 heterocycles. The molecular formula is C4H7CuIO4. The molecule has 0 N–H and O–H groups in total. The molecule has 0 bridgehead atoms. The molecule has 0 aromatic heterocycles. The Labute approximate surface area is 86.5 Å². The fourth-order valence-corrected chi connectivity index (χ4v) is 0. The van der Waals surface area contributed by atoms with E-state index >= 15 is 0 Å². The van der Waals surface area contributed by atoms with E-state index in [4.69, 9.17) is 19.8 Å². The number of halogens is 1. The summed E-state index contributed by atoms with van der Waals surface area (Å²) in [7, 11) is 0. The van der Waals surface area contributed by atoms with Crippen molar-refractivity contribution in [1.82, 2.24) is 0 Å². The molecule has 1 radical (unpaired) electrons. The number of carbonyl (C=O) groups excluding carboxylic acids is 2. The van der Waals surface area contributed by atoms with Gasteiger partial charge in [-0.05, 0) is 13.8 Å². The standard InChI is InChI=1S/2C2H4O2.Cu.HI/c2*1-2(3)4;;/h2*1H3,(H,3,4);;1H/q;;+2;/p-2. The van der Waals surface area contributed by atoms with Crippen LogP contribution in [0.25, 0.3) is 0 Å². The van der Waals surface area contributed by atoms with Gasteiger partial charge in [-0.25, -0.2) is 0 Å². The molecule has 0 saturated heterocycles. The number of carboxylic acid groups (broad SMARTS) is 2. The Morgan fingerprint density at radius 1 is 1.00 bits per heavy atom. The molecule has 0 amide bonds. The Morgan fingerprint density at radius 3 is 1.00 bits per heavy atom. The first-order valence-corrected chi connectivity index (χ1v) is 1.82. The number of hydrogen-bond acceptors (Lipinski definition) is 4. The molecule has 0 aromatic rings. The molecule has 10 heavy (non-hydrogen) atoms. The second kappa shape index (κ2) is 16.1. The maximum absolute atomic E-state index is 8.89. The molecule has 0 spiro atoms. The summed E-state index contributed by atoms with van der Waals surface area (Å²) in [6.45, 7) is 1.94. The fourth-order valence-electron chi connectivity index (χ4n) is 0. The molecular weight excluding hydrogens is 302 g/mol. The van der Waals surface area contributed by atoms with Crippen LogP contribution in [0.3, 0.4) is 0 Å². The van der Waals surface area contributed by atoms with E-state index in [0.29, 0.717) is 0 Å². The third-order valence-electron chi connectivity index (χ3n) is 0. The van der Waals surface area contributed by atoms with Gasteiger partial charge < -0.3 is 19.8 Å². The van der Waals surface area contributed by atoms with Crippen LogP contribution in [-0.2, 0) is 26.7 Å². The van der Waals surface area contributed by atoms with Crippen LogP contribution >= 0.6 is 24.0 Å². The van der Waals surface area contributed by atoms with E-state index in [-0.39, 0.29) is 41.0 Å². The van der Waals surface area contributed by atoms with Crippen molar-refractivity contribution < 1.29 is 36.9 Å². The number of aliphatic carboxylic acids is 2. The summed E-state index contributed by atoms with van der Waals surface area (Å²) >= 11 is 0. The van der Waals surface area contributed by atoms with E-state index in [1.54, 1.807) is 0 Å². The smallest absolute Gasteiger partial charge is 0.550 e. The summed E-state index contributed by atoms with van der Waals surface area (Å²) in [6.07, 6.45) is 0. The van der Waals surface area contributed by atoms with Gasteiger partial charge in [-0.15, -0.1) is 24.0 Å². The molecule has 0 saturated carbocycles. The van der Waals surface area contributed by atoms with Gasteiger partial charge in [0.15, 0.2) is 0 Å². The summed E-state index contributed by atoms with van der Waals surface area (Å²) in [5, 5.41) is 17.8. The minimum absolute atomic E-state index is 0. The van der Waals surface area contributed by atoms with Crippen molar-refractivity contribution in [1.29, 1.82) is 0 Å². The average molecular weight is 310 g/mol. The molecule has 0 unspecified atom stereocenters. The topological polar surface area (TPSA) is 80.3 Å². The Kier molecular flexibility index (Phi) is 36.1. The predicted molar refractivity (Wildman–Crippen MR) is 36.8 cm³/mol. The van der Waals surface area contributed by atoms with Gasteiger partial charge in [0.05, 0.1) is 0 Å². The zero-order valence-corrected chi connectivity index (χ0v) is 8.61. The van der Waals surface area contributed by atoms with E-state index in [1.165, 1.54) is 0 Å². The zero-order chi connectivity index (χ0) is 7.15. The second-order valence-electron chi connectivity index (χ2n) is 0.983. The monoisotopic (exact) mass is 309 g/mol. The van der Waals surface area contributed by atoms with Crippen LogP contribution in [0.4, 0.5) is 0 Å². The first-order chi connectivity index (χ1) is 3.46. The van der Waals surface area contributed by atoms with Gasteiger partial charge in [-0.3, -0.25) is 0 Å². The van der Waals surface area contributed by atoms with E-state index in [0.717, 1.165) is 13.8 Å². The number of hydrogen-bond donors (Lipinski definition) is 0. The Hall–Kier alpha value is 0.189. The number of carboxylic acids is 2. The van der Waals surface area contributed by atoms with Crippen molar-refractivity contribution in [3.63, 3.8) is 0 Å². The normalized spacial score (nSPS) is 5.00. The SMILES string of the molecule is CC(=O)[O-].CC(=O)[O-].I.[Cu+2]. The molecule has 0 aliphatic carbocycles. The van der Waals surface area contributed by atoms with E-state index in [1.807, 2.05) is 0 Å². The minimum atomic E-state index is -1.08. The predicted octanol–water partition coefficient (Wildman–Crippen LogP) is -1.87. The van der Waals surface area contributed by atoms with Crippen molar-refractivity contribution in [2.75, 3.05) is 0 Å². The van der Waals surface area contributed by atoms with Gasteiger partial charge >= 0.3 is 17.1 Å². The summed E-state index contributed by atoms with van der Waals surface area (Å²) < 4.78 is 0. The van der Waals surface area contributed by atoms with Gasteiger partial charge in [-0.2, -0.15) is 0 Å². The quantitative estimate of drug-likeness (QED) is 0.388. The first-order valence-electron chi connectivity index (χ1n) is 1.82. The third-order valence-corrected chi connectivity index (χ3v) is 0. The van der Waals surface area contributed by atoms with Crippen molar-refractivity contribution in [3.05, 3.63) is 0 Å². The Bertz CT molecular complexity index is 75.3. The van der Waals surface area contributed by atoms with Gasteiger partial charge in [0.2, 0.25) is 0 Å². The van der Waals surface area contributed by atoms with Crippen molar-refractivity contribution in [2.45, 2.75) is 13.8 Å². The van der Waals surface area contributed by atoms with E-state index < -0.39 is 11.9 Å². The van der Waals surface area contributed by atoms with Crippen molar-refractivity contribution >= 4 is 35.9 Å². The second-order valence-corrected chi connectivity index (χ2v) is 0.983. The van der Waals surface area contributed by atoms with Gasteiger partial charge in [0.1, 0.15) is 0 Å². The third kappa shape index (κ3) is 11800. The first kappa shape index (κ1) is 22.5. The average Bonchev–Trinajstić information content (AvgIpc) is 1.25. The summed E-state index contributed by atoms with van der Waals surface area (Å²) in [5.41, 5.74) is 0. The Balaban J connectivity index is -0.0000000300. The summed E-state index contributed by atoms with van der Waals surface area (Å²) in [6, 6.07) is 0. The summed E-state index contributed by atoms with van der Waals surface area (Å²) in [4.78, 5) is 17.8. The minimum Gasteiger partial charge on any atom is -0.550 e. The molecule has 0 atom stereocenters. The van der Waals surface area contributed by atoms with Gasteiger partial charge in [0.25, 0.3) is 0 Å². The number of rotatable bonds is 0. The van der Waals surface area contributed by atoms with Gasteiger partial charge in [-0.1, -0.05) is 0 Å². The van der Waals surface area contributed by atoms with Gasteiger partial charge in [0, 0.05) is 11.9 Å². The zero-order valence-electron chi connectivity index (χ0n) is 5.34. The Morgan fingerprint density at radius 2 is 1.00 bits per heavy atom. The van der Waals surface area contributed by atoms with Crippen LogP contribution < -0.4 is 10.2 Å². The molecule has 6 heteroatoms. The van der Waals surface area contributed by atoms with E-state index in [9.17, 15) is 0 Å². The van der Waals surface area contributed by atoms with Crippen LogP contribution in [0.5, 0.6) is 0 Å². The van der Waals surface area contributed by atoms with Crippen LogP contribution in [0.1, 0.15) is 13.8 Å². The fraction of sp³-hybridized carbons (Fsp3) is 0.500. The van der Waals surface area contributed by atoms with Crippen molar-refractivity contribution in [2.24, 2.45) is 0 Å². The summed E-state index contributed by atoms with van der Waals surface area (Å²) in [5.74, 6) is -2.17. The van der Waals surface area contributed by atoms with Crippen LogP contribution in [-0.4, -0.2) is 11.9 Å². The molecule has 65 valence electrons. The maximum Gasteiger partial charge on any atom is 2.00 e. The van der Waals surface area contributed by atoms with Crippen LogP contribution in [0.2, 0.25) is 0 Å². The van der Waals surface area contributed by atoms with Crippen LogP contribution in [0.15, 0.2) is 0 Å². The molecule has 0 fully saturated rings. The largest absolute Gasteiger partial charge is 2.00 e. The molecule has 0 aliphatic heterocycles.